The summed E-state index contributed by atoms with van der Waals surface area (Å²) in [5.74, 6) is 0.517. The van der Waals surface area contributed by atoms with Crippen molar-refractivity contribution in [1.29, 1.82) is 0 Å². The summed E-state index contributed by atoms with van der Waals surface area (Å²) in [4.78, 5) is 12.5. The molecule has 3 aromatic rings. The Morgan fingerprint density at radius 2 is 2.00 bits per heavy atom. The average molecular weight is 354 g/mol. The van der Waals surface area contributed by atoms with Crippen molar-refractivity contribution in [3.8, 4) is 11.5 Å². The first-order chi connectivity index (χ1) is 12.5. The summed E-state index contributed by atoms with van der Waals surface area (Å²) < 4.78 is 12.5. The molecule has 0 saturated carbocycles. The van der Waals surface area contributed by atoms with Gasteiger partial charge in [0, 0.05) is 25.3 Å². The smallest absolute Gasteiger partial charge is 0.255 e. The number of carbonyl (C=O) groups excluding carboxylic acids is 1. The van der Waals surface area contributed by atoms with Crippen LogP contribution in [0.5, 0.6) is 11.5 Å². The monoisotopic (exact) mass is 354 g/mol. The van der Waals surface area contributed by atoms with E-state index >= 15 is 0 Å². The number of benzene rings is 2. The quantitative estimate of drug-likeness (QED) is 0.714. The highest BCUT2D eigenvalue weighted by atomic mass is 16.5. The van der Waals surface area contributed by atoms with Gasteiger partial charge in [-0.15, -0.1) is 0 Å². The third-order valence-corrected chi connectivity index (χ3v) is 4.40. The second-order valence-corrected chi connectivity index (χ2v) is 6.01. The zero-order valence-corrected chi connectivity index (χ0v) is 15.0. The van der Waals surface area contributed by atoms with E-state index in [0.717, 1.165) is 16.5 Å². The number of amides is 1. The molecule has 6 nitrogen and oxygen atoms in total. The predicted molar refractivity (Wildman–Crippen MR) is 99.8 cm³/mol. The molecular formula is C20H22N2O4. The van der Waals surface area contributed by atoms with Crippen LogP contribution in [0.3, 0.4) is 0 Å². The first kappa shape index (κ1) is 17.8. The van der Waals surface area contributed by atoms with Crippen molar-refractivity contribution in [2.45, 2.75) is 6.10 Å². The lowest BCUT2D eigenvalue weighted by Gasteiger charge is -2.15. The number of carbonyl (C=O) groups is 1. The van der Waals surface area contributed by atoms with Gasteiger partial charge in [0.2, 0.25) is 0 Å². The van der Waals surface area contributed by atoms with Crippen LogP contribution in [0.2, 0.25) is 0 Å². The number of hydrogen-bond acceptors (Lipinski definition) is 4. The van der Waals surface area contributed by atoms with E-state index in [1.807, 2.05) is 42.1 Å². The van der Waals surface area contributed by atoms with Crippen molar-refractivity contribution in [3.05, 3.63) is 59.8 Å². The number of aliphatic hydroxyl groups is 1. The maximum Gasteiger partial charge on any atom is 0.255 e. The minimum absolute atomic E-state index is 0.0948. The van der Waals surface area contributed by atoms with Gasteiger partial charge in [0.05, 0.1) is 25.9 Å². The SMILES string of the molecule is COc1cccc(C(=O)NCC(O)c2ccc3c(ccn3C)c2)c1OC. The average Bonchev–Trinajstić information content (AvgIpc) is 3.05. The lowest BCUT2D eigenvalue weighted by Crippen LogP contribution is -2.28. The van der Waals surface area contributed by atoms with Crippen molar-refractivity contribution in [1.82, 2.24) is 9.88 Å². The lowest BCUT2D eigenvalue weighted by molar-refractivity contribution is 0.0912. The fourth-order valence-corrected chi connectivity index (χ4v) is 2.98. The van der Waals surface area contributed by atoms with Crippen LogP contribution in [0.4, 0.5) is 0 Å². The molecule has 0 aliphatic heterocycles. The number of methoxy groups -OCH3 is 2. The molecule has 0 bridgehead atoms. The minimum atomic E-state index is -0.805. The van der Waals surface area contributed by atoms with E-state index in [1.54, 1.807) is 18.2 Å². The van der Waals surface area contributed by atoms with Crippen molar-refractivity contribution in [2.75, 3.05) is 20.8 Å². The Labute approximate surface area is 152 Å². The van der Waals surface area contributed by atoms with E-state index in [-0.39, 0.29) is 12.5 Å². The Hall–Kier alpha value is -2.99. The van der Waals surface area contributed by atoms with Gasteiger partial charge in [-0.05, 0) is 41.3 Å². The van der Waals surface area contributed by atoms with E-state index in [1.165, 1.54) is 14.2 Å². The van der Waals surface area contributed by atoms with Crippen LogP contribution in [-0.2, 0) is 7.05 Å². The number of nitrogens with one attached hydrogen (secondary N) is 1. The fourth-order valence-electron chi connectivity index (χ4n) is 2.98. The topological polar surface area (TPSA) is 72.7 Å². The summed E-state index contributed by atoms with van der Waals surface area (Å²) >= 11 is 0. The molecule has 1 unspecified atom stereocenters. The van der Waals surface area contributed by atoms with Gasteiger partial charge in [0.25, 0.3) is 5.91 Å². The number of ether oxygens (including phenoxy) is 2. The van der Waals surface area contributed by atoms with Gasteiger partial charge in [0.1, 0.15) is 0 Å². The van der Waals surface area contributed by atoms with Gasteiger partial charge in [-0.3, -0.25) is 4.79 Å². The molecular weight excluding hydrogens is 332 g/mol. The number of hydrogen-bond donors (Lipinski definition) is 2. The van der Waals surface area contributed by atoms with Crippen molar-refractivity contribution >= 4 is 16.8 Å². The van der Waals surface area contributed by atoms with Gasteiger partial charge in [-0.2, -0.15) is 0 Å². The highest BCUT2D eigenvalue weighted by molar-refractivity contribution is 5.97. The number of aryl methyl sites for hydroxylation is 1. The van der Waals surface area contributed by atoms with Crippen molar-refractivity contribution in [3.63, 3.8) is 0 Å². The molecule has 0 fully saturated rings. The minimum Gasteiger partial charge on any atom is -0.493 e. The van der Waals surface area contributed by atoms with Gasteiger partial charge >= 0.3 is 0 Å². The van der Waals surface area contributed by atoms with Crippen LogP contribution >= 0.6 is 0 Å². The van der Waals surface area contributed by atoms with Gasteiger partial charge < -0.3 is 24.5 Å². The van der Waals surface area contributed by atoms with Gasteiger partial charge in [0.15, 0.2) is 11.5 Å². The Bertz CT molecular complexity index is 933. The molecule has 1 heterocycles. The zero-order chi connectivity index (χ0) is 18.7. The van der Waals surface area contributed by atoms with Crippen LogP contribution in [0.15, 0.2) is 48.7 Å². The molecule has 2 N–H and O–H groups in total. The Kier molecular flexibility index (Phi) is 5.14. The van der Waals surface area contributed by atoms with Crippen molar-refractivity contribution < 1.29 is 19.4 Å². The molecule has 3 rings (SSSR count). The summed E-state index contributed by atoms with van der Waals surface area (Å²) in [6.45, 7) is 0.0948. The zero-order valence-electron chi connectivity index (χ0n) is 15.0. The molecule has 6 heteroatoms. The number of aromatic nitrogens is 1. The molecule has 2 aromatic carbocycles. The molecule has 0 aliphatic rings. The summed E-state index contributed by atoms with van der Waals surface area (Å²) in [5, 5.41) is 14.2. The van der Waals surface area contributed by atoms with E-state index in [0.29, 0.717) is 17.1 Å². The van der Waals surface area contributed by atoms with Crippen LogP contribution in [0.25, 0.3) is 10.9 Å². The number of nitrogens with zero attached hydrogens (tertiary/aromatic N) is 1. The predicted octanol–water partition coefficient (Wildman–Crippen LogP) is 2.66. The molecule has 0 radical (unpaired) electrons. The second kappa shape index (κ2) is 7.49. The molecule has 0 aliphatic carbocycles. The van der Waals surface area contributed by atoms with Crippen LogP contribution in [-0.4, -0.2) is 36.3 Å². The normalized spacial score (nSPS) is 12.0. The summed E-state index contributed by atoms with van der Waals surface area (Å²) in [7, 11) is 4.97. The molecule has 1 amide bonds. The third kappa shape index (κ3) is 3.36. The second-order valence-electron chi connectivity index (χ2n) is 6.01. The standard InChI is InChI=1S/C20H22N2O4/c1-22-10-9-13-11-14(7-8-16(13)22)17(23)12-21-20(24)15-5-4-6-18(25-2)19(15)26-3/h4-11,17,23H,12H2,1-3H3,(H,21,24). The van der Waals surface area contributed by atoms with Crippen LogP contribution in [0, 0.1) is 0 Å². The molecule has 1 aromatic heterocycles. The highest BCUT2D eigenvalue weighted by Gasteiger charge is 2.17. The third-order valence-electron chi connectivity index (χ3n) is 4.40. The Morgan fingerprint density at radius 3 is 2.73 bits per heavy atom. The summed E-state index contributed by atoms with van der Waals surface area (Å²) in [6, 6.07) is 12.8. The lowest BCUT2D eigenvalue weighted by atomic mass is 10.1. The van der Waals surface area contributed by atoms with Crippen LogP contribution < -0.4 is 14.8 Å². The highest BCUT2D eigenvalue weighted by Crippen LogP contribution is 2.30. The fraction of sp³-hybridized carbons (Fsp3) is 0.250. The van der Waals surface area contributed by atoms with Gasteiger partial charge in [-0.25, -0.2) is 0 Å². The van der Waals surface area contributed by atoms with Crippen molar-refractivity contribution in [2.24, 2.45) is 7.05 Å². The Balaban J connectivity index is 1.72. The maximum atomic E-state index is 12.5. The van der Waals surface area contributed by atoms with E-state index in [9.17, 15) is 9.90 Å². The first-order valence-electron chi connectivity index (χ1n) is 8.27. The molecule has 136 valence electrons. The number of para-hydroxylation sites is 1. The number of aliphatic hydroxyl groups excluding tert-OH is 1. The maximum absolute atomic E-state index is 12.5. The van der Waals surface area contributed by atoms with Crippen LogP contribution in [0.1, 0.15) is 22.0 Å². The summed E-state index contributed by atoms with van der Waals surface area (Å²) in [6.07, 6.45) is 1.16. The molecule has 0 saturated heterocycles. The molecule has 0 spiro atoms. The van der Waals surface area contributed by atoms with E-state index in [4.69, 9.17) is 9.47 Å². The number of fused-ring (bicyclic) bond motifs is 1. The van der Waals surface area contributed by atoms with E-state index < -0.39 is 6.10 Å². The van der Waals surface area contributed by atoms with E-state index in [2.05, 4.69) is 5.32 Å². The molecule has 26 heavy (non-hydrogen) atoms. The molecule has 1 atom stereocenters. The summed E-state index contributed by atoms with van der Waals surface area (Å²) in [5.41, 5.74) is 2.20. The largest absolute Gasteiger partial charge is 0.493 e. The first-order valence-corrected chi connectivity index (χ1v) is 8.27. The van der Waals surface area contributed by atoms with Gasteiger partial charge in [-0.1, -0.05) is 12.1 Å². The Morgan fingerprint density at radius 1 is 1.19 bits per heavy atom. The number of rotatable bonds is 6.